The van der Waals surface area contributed by atoms with Crippen molar-refractivity contribution in [2.24, 2.45) is 5.92 Å². The maximum Gasteiger partial charge on any atom is 0.250 e. The van der Waals surface area contributed by atoms with Crippen LogP contribution in [0.25, 0.3) is 0 Å². The van der Waals surface area contributed by atoms with Gasteiger partial charge in [0.1, 0.15) is 0 Å². The Balaban J connectivity index is 1.59. The van der Waals surface area contributed by atoms with Crippen LogP contribution in [-0.2, 0) is 14.8 Å². The number of rotatable bonds is 5. The first kappa shape index (κ1) is 18.6. The van der Waals surface area contributed by atoms with E-state index in [1.165, 1.54) is 18.5 Å². The molecule has 2 fully saturated rings. The van der Waals surface area contributed by atoms with E-state index in [0.717, 1.165) is 5.56 Å². The van der Waals surface area contributed by atoms with Crippen LogP contribution in [-0.4, -0.2) is 39.8 Å². The molecule has 0 unspecified atom stereocenters. The van der Waals surface area contributed by atoms with Crippen LogP contribution in [0.15, 0.2) is 42.5 Å². The molecule has 1 aliphatic carbocycles. The Morgan fingerprint density at radius 2 is 1.79 bits per heavy atom. The van der Waals surface area contributed by atoms with Gasteiger partial charge in [-0.15, -0.1) is 0 Å². The van der Waals surface area contributed by atoms with Crippen molar-refractivity contribution in [3.8, 4) is 11.5 Å². The summed E-state index contributed by atoms with van der Waals surface area (Å²) in [6, 6.07) is 12.2. The average molecular weight is 402 g/mol. The number of fused-ring (bicyclic) bond motifs is 1. The van der Waals surface area contributed by atoms with Gasteiger partial charge >= 0.3 is 0 Å². The summed E-state index contributed by atoms with van der Waals surface area (Å²) in [4.78, 5) is 13.0. The topological polar surface area (TPSA) is 84.9 Å². The standard InChI is InChI=1S/C20H22N2O5S/c1-13-4-7-16(8-5-13)22-12-14-11-20(14,28(22,24)25)19(23)21-15-6-9-17(26-2)18(10-15)27-3/h4-10,14H,11-12H2,1-3H3,(H,21,23)/t14-,20+/m0/s1. The molecule has 1 saturated carbocycles. The number of hydrogen-bond donors (Lipinski definition) is 1. The molecule has 1 N–H and O–H groups in total. The fourth-order valence-electron chi connectivity index (χ4n) is 3.83. The van der Waals surface area contributed by atoms with Crippen molar-refractivity contribution in [2.45, 2.75) is 18.1 Å². The zero-order valence-electron chi connectivity index (χ0n) is 15.9. The Hall–Kier alpha value is -2.74. The summed E-state index contributed by atoms with van der Waals surface area (Å²) in [5.41, 5.74) is 2.11. The fraction of sp³-hybridized carbons (Fsp3) is 0.350. The molecular formula is C20H22N2O5S. The second-order valence-electron chi connectivity index (χ2n) is 7.19. The van der Waals surface area contributed by atoms with Crippen LogP contribution in [0.3, 0.4) is 0 Å². The van der Waals surface area contributed by atoms with E-state index in [2.05, 4.69) is 5.32 Å². The Morgan fingerprint density at radius 3 is 2.43 bits per heavy atom. The number of hydrogen-bond acceptors (Lipinski definition) is 5. The van der Waals surface area contributed by atoms with Gasteiger partial charge in [-0.3, -0.25) is 9.10 Å². The van der Waals surface area contributed by atoms with E-state index < -0.39 is 20.7 Å². The minimum Gasteiger partial charge on any atom is -0.493 e. The number of sulfonamides is 1. The Labute approximate surface area is 164 Å². The summed E-state index contributed by atoms with van der Waals surface area (Å²) in [5.74, 6) is 0.279. The van der Waals surface area contributed by atoms with Crippen LogP contribution < -0.4 is 19.1 Å². The molecule has 0 aromatic heterocycles. The highest BCUT2D eigenvalue weighted by Crippen LogP contribution is 2.58. The number of carbonyl (C=O) groups is 1. The lowest BCUT2D eigenvalue weighted by atomic mass is 10.2. The van der Waals surface area contributed by atoms with E-state index in [9.17, 15) is 13.2 Å². The van der Waals surface area contributed by atoms with Crippen molar-refractivity contribution >= 4 is 27.3 Å². The lowest BCUT2D eigenvalue weighted by Crippen LogP contribution is -2.42. The second kappa shape index (κ2) is 6.41. The zero-order chi connectivity index (χ0) is 20.1. The van der Waals surface area contributed by atoms with E-state index in [1.807, 2.05) is 19.1 Å². The first-order chi connectivity index (χ1) is 13.3. The van der Waals surface area contributed by atoms with Crippen molar-refractivity contribution in [1.29, 1.82) is 0 Å². The van der Waals surface area contributed by atoms with Crippen molar-refractivity contribution in [2.75, 3.05) is 30.4 Å². The first-order valence-corrected chi connectivity index (χ1v) is 10.4. The highest BCUT2D eigenvalue weighted by atomic mass is 32.2. The molecule has 0 spiro atoms. The molecule has 28 heavy (non-hydrogen) atoms. The summed E-state index contributed by atoms with van der Waals surface area (Å²) in [6.45, 7) is 2.27. The monoisotopic (exact) mass is 402 g/mol. The Kier molecular flexibility index (Phi) is 4.26. The number of anilines is 2. The number of carbonyl (C=O) groups excluding carboxylic acids is 1. The molecule has 2 atom stereocenters. The van der Waals surface area contributed by atoms with Gasteiger partial charge in [-0.2, -0.15) is 0 Å². The van der Waals surface area contributed by atoms with Gasteiger partial charge in [0.25, 0.3) is 0 Å². The average Bonchev–Trinajstić information content (AvgIpc) is 3.38. The minimum absolute atomic E-state index is 0.209. The van der Waals surface area contributed by atoms with Gasteiger partial charge < -0.3 is 14.8 Å². The van der Waals surface area contributed by atoms with Gasteiger partial charge in [0, 0.05) is 24.2 Å². The lowest BCUT2D eigenvalue weighted by Gasteiger charge is -2.23. The number of benzene rings is 2. The van der Waals surface area contributed by atoms with Gasteiger partial charge in [-0.25, -0.2) is 8.42 Å². The SMILES string of the molecule is COc1ccc(NC(=O)[C@@]23C[C@H]2CN(c2ccc(C)cc2)S3(=O)=O)cc1OC. The molecule has 1 heterocycles. The molecule has 2 aromatic rings. The van der Waals surface area contributed by atoms with Crippen LogP contribution in [0.1, 0.15) is 12.0 Å². The van der Waals surface area contributed by atoms with Gasteiger partial charge in [0.2, 0.25) is 15.9 Å². The quantitative estimate of drug-likeness (QED) is 0.831. The van der Waals surface area contributed by atoms with Crippen molar-refractivity contribution < 1.29 is 22.7 Å². The smallest absolute Gasteiger partial charge is 0.250 e. The van der Waals surface area contributed by atoms with Gasteiger partial charge in [-0.1, -0.05) is 17.7 Å². The largest absolute Gasteiger partial charge is 0.493 e. The molecule has 1 saturated heterocycles. The first-order valence-electron chi connectivity index (χ1n) is 8.96. The van der Waals surface area contributed by atoms with E-state index in [1.54, 1.807) is 30.3 Å². The van der Waals surface area contributed by atoms with E-state index >= 15 is 0 Å². The summed E-state index contributed by atoms with van der Waals surface area (Å²) in [7, 11) is -0.779. The Morgan fingerprint density at radius 1 is 1.11 bits per heavy atom. The summed E-state index contributed by atoms with van der Waals surface area (Å²) < 4.78 is 36.8. The molecule has 0 radical (unpaired) electrons. The fourth-order valence-corrected chi connectivity index (χ4v) is 6.19. The molecular weight excluding hydrogens is 380 g/mol. The third-order valence-corrected chi connectivity index (χ3v) is 8.08. The normalized spacial score (nSPS) is 24.4. The zero-order valence-corrected chi connectivity index (χ0v) is 16.7. The molecule has 7 nitrogen and oxygen atoms in total. The maximum absolute atomic E-state index is 13.2. The maximum atomic E-state index is 13.2. The summed E-state index contributed by atoms with van der Waals surface area (Å²) in [5, 5.41) is 2.75. The van der Waals surface area contributed by atoms with E-state index in [-0.39, 0.29) is 5.92 Å². The minimum atomic E-state index is -3.80. The highest BCUT2D eigenvalue weighted by Gasteiger charge is 2.75. The summed E-state index contributed by atoms with van der Waals surface area (Å²) >= 11 is 0. The van der Waals surface area contributed by atoms with Crippen LogP contribution in [0, 0.1) is 12.8 Å². The van der Waals surface area contributed by atoms with Gasteiger partial charge in [0.05, 0.1) is 19.9 Å². The number of nitrogens with one attached hydrogen (secondary N) is 1. The van der Waals surface area contributed by atoms with Crippen LogP contribution in [0.5, 0.6) is 11.5 Å². The predicted octanol–water partition coefficient (Wildman–Crippen LogP) is 2.56. The van der Waals surface area contributed by atoms with Crippen LogP contribution >= 0.6 is 0 Å². The van der Waals surface area contributed by atoms with E-state index in [0.29, 0.717) is 35.8 Å². The van der Waals surface area contributed by atoms with Gasteiger partial charge in [0.15, 0.2) is 16.2 Å². The number of amides is 1. The van der Waals surface area contributed by atoms with Gasteiger partial charge in [-0.05, 0) is 37.6 Å². The molecule has 148 valence electrons. The third kappa shape index (κ3) is 2.63. The second-order valence-corrected chi connectivity index (χ2v) is 9.31. The van der Waals surface area contributed by atoms with E-state index in [4.69, 9.17) is 9.47 Å². The molecule has 8 heteroatoms. The predicted molar refractivity (Wildman–Crippen MR) is 106 cm³/mol. The number of methoxy groups -OCH3 is 2. The molecule has 4 rings (SSSR count). The van der Waals surface area contributed by atoms with Crippen LogP contribution in [0.4, 0.5) is 11.4 Å². The Bertz CT molecular complexity index is 1040. The molecule has 1 amide bonds. The van der Waals surface area contributed by atoms with Crippen molar-refractivity contribution in [3.63, 3.8) is 0 Å². The number of aryl methyl sites for hydroxylation is 1. The number of nitrogens with zero attached hydrogens (tertiary/aromatic N) is 1. The summed E-state index contributed by atoms with van der Waals surface area (Å²) in [6.07, 6.45) is 0.344. The molecule has 1 aliphatic heterocycles. The van der Waals surface area contributed by atoms with Crippen LogP contribution in [0.2, 0.25) is 0 Å². The van der Waals surface area contributed by atoms with Crippen molar-refractivity contribution in [1.82, 2.24) is 0 Å². The molecule has 0 bridgehead atoms. The molecule has 2 aromatic carbocycles. The van der Waals surface area contributed by atoms with Crippen molar-refractivity contribution in [3.05, 3.63) is 48.0 Å². The number of ether oxygens (including phenoxy) is 2. The third-order valence-electron chi connectivity index (χ3n) is 5.53. The lowest BCUT2D eigenvalue weighted by molar-refractivity contribution is -0.116. The highest BCUT2D eigenvalue weighted by molar-refractivity contribution is 7.95. The molecule has 2 aliphatic rings.